The van der Waals surface area contributed by atoms with Crippen LogP contribution in [0.5, 0.6) is 0 Å². The maximum absolute atomic E-state index is 10.7. The minimum absolute atomic E-state index is 0.0108. The van der Waals surface area contributed by atoms with Gasteiger partial charge in [0, 0.05) is 19.4 Å². The van der Waals surface area contributed by atoms with Crippen LogP contribution in [0.1, 0.15) is 35.9 Å². The van der Waals surface area contributed by atoms with Gasteiger partial charge in [0.25, 0.3) is 0 Å². The second kappa shape index (κ2) is 6.47. The fraction of sp³-hybridized carbons (Fsp3) is 0.467. The molecule has 112 valence electrons. The van der Waals surface area contributed by atoms with Crippen molar-refractivity contribution in [2.24, 2.45) is 5.92 Å². The van der Waals surface area contributed by atoms with Crippen molar-refractivity contribution >= 4 is 5.97 Å². The van der Waals surface area contributed by atoms with Crippen LogP contribution >= 0.6 is 0 Å². The summed E-state index contributed by atoms with van der Waals surface area (Å²) in [5.74, 6) is -0.0454. The Kier molecular flexibility index (Phi) is 4.67. The zero-order valence-corrected chi connectivity index (χ0v) is 12.6. The van der Waals surface area contributed by atoms with E-state index in [0.29, 0.717) is 13.0 Å². The van der Waals surface area contributed by atoms with Crippen LogP contribution in [0.15, 0.2) is 18.2 Å². The normalized spacial score (nSPS) is 12.3. The van der Waals surface area contributed by atoms with E-state index >= 15 is 0 Å². The molecule has 1 aromatic carbocycles. The SMILES string of the molecule is Cc1ccc(C)c(Cc2nnnn2CC(C)CC(=O)O)c1. The Bertz CT molecular complexity index is 636. The monoisotopic (exact) mass is 288 g/mol. The van der Waals surface area contributed by atoms with Gasteiger partial charge in [-0.15, -0.1) is 5.10 Å². The Morgan fingerprint density at radius 3 is 2.86 bits per heavy atom. The molecule has 6 nitrogen and oxygen atoms in total. The van der Waals surface area contributed by atoms with Crippen LogP contribution in [-0.4, -0.2) is 31.3 Å². The number of tetrazole rings is 1. The van der Waals surface area contributed by atoms with Gasteiger partial charge in [-0.25, -0.2) is 4.68 Å². The van der Waals surface area contributed by atoms with Gasteiger partial charge in [0.05, 0.1) is 0 Å². The number of benzene rings is 1. The van der Waals surface area contributed by atoms with Gasteiger partial charge in [0.1, 0.15) is 0 Å². The first-order chi connectivity index (χ1) is 9.95. The van der Waals surface area contributed by atoms with Gasteiger partial charge in [-0.05, 0) is 41.3 Å². The number of rotatable bonds is 6. The van der Waals surface area contributed by atoms with Gasteiger partial charge in [-0.1, -0.05) is 30.7 Å². The zero-order chi connectivity index (χ0) is 15.4. The van der Waals surface area contributed by atoms with Crippen molar-refractivity contribution in [2.75, 3.05) is 0 Å². The largest absolute Gasteiger partial charge is 0.481 e. The molecule has 0 fully saturated rings. The number of carboxylic acids is 1. The Morgan fingerprint density at radius 1 is 1.38 bits per heavy atom. The van der Waals surface area contributed by atoms with E-state index in [1.165, 1.54) is 16.7 Å². The van der Waals surface area contributed by atoms with Gasteiger partial charge in [0.15, 0.2) is 5.82 Å². The van der Waals surface area contributed by atoms with Crippen LogP contribution in [0.2, 0.25) is 0 Å². The molecular weight excluding hydrogens is 268 g/mol. The Balaban J connectivity index is 2.13. The third-order valence-corrected chi connectivity index (χ3v) is 3.47. The van der Waals surface area contributed by atoms with Crippen LogP contribution in [-0.2, 0) is 17.8 Å². The lowest BCUT2D eigenvalue weighted by Crippen LogP contribution is -2.15. The smallest absolute Gasteiger partial charge is 0.303 e. The van der Waals surface area contributed by atoms with Crippen molar-refractivity contribution in [3.8, 4) is 0 Å². The highest BCUT2D eigenvalue weighted by molar-refractivity contribution is 5.66. The number of hydrogen-bond donors (Lipinski definition) is 1. The Morgan fingerprint density at radius 2 is 2.14 bits per heavy atom. The summed E-state index contributed by atoms with van der Waals surface area (Å²) in [6, 6.07) is 6.30. The number of aromatic nitrogens is 4. The summed E-state index contributed by atoms with van der Waals surface area (Å²) in [5, 5.41) is 20.6. The van der Waals surface area contributed by atoms with Crippen molar-refractivity contribution in [3.05, 3.63) is 40.7 Å². The van der Waals surface area contributed by atoms with E-state index in [0.717, 1.165) is 5.82 Å². The number of aliphatic carboxylic acids is 1. The average molecular weight is 288 g/mol. The molecule has 0 radical (unpaired) electrons. The third kappa shape index (κ3) is 4.11. The van der Waals surface area contributed by atoms with E-state index in [1.807, 2.05) is 6.92 Å². The standard InChI is InChI=1S/C15H20N4O2/c1-10-4-5-12(3)13(6-10)8-14-16-17-18-19(14)9-11(2)7-15(20)21/h4-6,11H,7-9H2,1-3H3,(H,20,21). The molecule has 0 saturated carbocycles. The Hall–Kier alpha value is -2.24. The highest BCUT2D eigenvalue weighted by atomic mass is 16.4. The third-order valence-electron chi connectivity index (χ3n) is 3.47. The lowest BCUT2D eigenvalue weighted by Gasteiger charge is -2.11. The lowest BCUT2D eigenvalue weighted by molar-refractivity contribution is -0.138. The minimum Gasteiger partial charge on any atom is -0.481 e. The van der Waals surface area contributed by atoms with Crippen molar-refractivity contribution in [1.82, 2.24) is 20.2 Å². The molecule has 2 rings (SSSR count). The van der Waals surface area contributed by atoms with Crippen molar-refractivity contribution in [1.29, 1.82) is 0 Å². The second-order valence-electron chi connectivity index (χ2n) is 5.59. The van der Waals surface area contributed by atoms with Crippen LogP contribution in [0.4, 0.5) is 0 Å². The summed E-state index contributed by atoms with van der Waals surface area (Å²) < 4.78 is 1.70. The van der Waals surface area contributed by atoms with Gasteiger partial charge >= 0.3 is 5.97 Å². The van der Waals surface area contributed by atoms with Crippen LogP contribution in [0.3, 0.4) is 0 Å². The number of carboxylic acid groups (broad SMARTS) is 1. The predicted molar refractivity (Wildman–Crippen MR) is 78.0 cm³/mol. The van der Waals surface area contributed by atoms with Crippen molar-refractivity contribution in [3.63, 3.8) is 0 Å². The molecule has 1 atom stereocenters. The maximum Gasteiger partial charge on any atom is 0.303 e. The molecule has 0 aliphatic heterocycles. The minimum atomic E-state index is -0.799. The van der Waals surface area contributed by atoms with Gasteiger partial charge < -0.3 is 5.11 Å². The van der Waals surface area contributed by atoms with Crippen molar-refractivity contribution in [2.45, 2.75) is 40.2 Å². The van der Waals surface area contributed by atoms with Crippen molar-refractivity contribution < 1.29 is 9.90 Å². The van der Waals surface area contributed by atoms with E-state index in [9.17, 15) is 4.79 Å². The molecule has 0 spiro atoms. The molecule has 1 unspecified atom stereocenters. The molecular formula is C15H20N4O2. The number of aryl methyl sites for hydroxylation is 2. The summed E-state index contributed by atoms with van der Waals surface area (Å²) in [4.78, 5) is 10.7. The van der Waals surface area contributed by atoms with E-state index in [2.05, 4.69) is 47.6 Å². The molecule has 0 saturated heterocycles. The summed E-state index contributed by atoms with van der Waals surface area (Å²) in [6.45, 7) is 6.52. The quantitative estimate of drug-likeness (QED) is 0.879. The summed E-state index contributed by atoms with van der Waals surface area (Å²) in [7, 11) is 0. The first-order valence-electron chi connectivity index (χ1n) is 6.98. The van der Waals surface area contributed by atoms with Gasteiger partial charge in [-0.3, -0.25) is 4.79 Å². The first-order valence-corrected chi connectivity index (χ1v) is 6.98. The topological polar surface area (TPSA) is 80.9 Å². The summed E-state index contributed by atoms with van der Waals surface area (Å²) in [6.07, 6.45) is 0.767. The summed E-state index contributed by atoms with van der Waals surface area (Å²) >= 11 is 0. The molecule has 0 amide bonds. The highest BCUT2D eigenvalue weighted by Gasteiger charge is 2.14. The number of nitrogens with zero attached hydrogens (tertiary/aromatic N) is 4. The van der Waals surface area contributed by atoms with Crippen LogP contribution in [0, 0.1) is 19.8 Å². The second-order valence-corrected chi connectivity index (χ2v) is 5.59. The molecule has 1 heterocycles. The zero-order valence-electron chi connectivity index (χ0n) is 12.6. The molecule has 6 heteroatoms. The molecule has 2 aromatic rings. The summed E-state index contributed by atoms with van der Waals surface area (Å²) in [5.41, 5.74) is 3.60. The number of hydrogen-bond acceptors (Lipinski definition) is 4. The fourth-order valence-corrected chi connectivity index (χ4v) is 2.31. The predicted octanol–water partition coefficient (Wildman–Crippen LogP) is 1.99. The Labute approximate surface area is 123 Å². The van der Waals surface area contributed by atoms with Crippen LogP contribution < -0.4 is 0 Å². The van der Waals surface area contributed by atoms with E-state index in [1.54, 1.807) is 4.68 Å². The molecule has 0 aliphatic carbocycles. The molecule has 0 bridgehead atoms. The first kappa shape index (κ1) is 15.2. The average Bonchev–Trinajstić information content (AvgIpc) is 2.80. The molecule has 0 aliphatic rings. The lowest BCUT2D eigenvalue weighted by atomic mass is 10.0. The van der Waals surface area contributed by atoms with E-state index in [4.69, 9.17) is 5.11 Å². The molecule has 21 heavy (non-hydrogen) atoms. The molecule has 1 N–H and O–H groups in total. The maximum atomic E-state index is 10.7. The fourth-order valence-electron chi connectivity index (χ4n) is 2.31. The van der Waals surface area contributed by atoms with Crippen LogP contribution in [0.25, 0.3) is 0 Å². The molecule has 1 aromatic heterocycles. The number of carbonyl (C=O) groups is 1. The highest BCUT2D eigenvalue weighted by Crippen LogP contribution is 2.15. The van der Waals surface area contributed by atoms with E-state index < -0.39 is 5.97 Å². The van der Waals surface area contributed by atoms with E-state index in [-0.39, 0.29) is 12.3 Å². The van der Waals surface area contributed by atoms with Gasteiger partial charge in [-0.2, -0.15) is 0 Å². The van der Waals surface area contributed by atoms with Gasteiger partial charge in [0.2, 0.25) is 0 Å².